The van der Waals surface area contributed by atoms with E-state index in [0.29, 0.717) is 38.0 Å². The Morgan fingerprint density at radius 1 is 1.29 bits per heavy atom. The van der Waals surface area contributed by atoms with Gasteiger partial charge in [-0.2, -0.15) is 0 Å². The van der Waals surface area contributed by atoms with Gasteiger partial charge in [0.2, 0.25) is 10.0 Å². The predicted molar refractivity (Wildman–Crippen MR) is 143 cm³/mol. The second-order valence-corrected chi connectivity index (χ2v) is 12.9. The first-order valence-electron chi connectivity index (χ1n) is 13.2. The van der Waals surface area contributed by atoms with Gasteiger partial charge in [-0.3, -0.25) is 9.69 Å². The van der Waals surface area contributed by atoms with Gasteiger partial charge in [-0.25, -0.2) is 13.1 Å². The lowest BCUT2D eigenvalue weighted by Crippen LogP contribution is -2.79. The van der Waals surface area contributed by atoms with Crippen LogP contribution in [-0.4, -0.2) is 61.3 Å². The summed E-state index contributed by atoms with van der Waals surface area (Å²) in [5.41, 5.74) is 1.89. The SMILES string of the molecule is C=CCN1CC[C@]23c4c5ccc(O)c4O[C@H]2[C@@H](NS(=O)(=O)Cc2ccccc2C)CC[C@@]3(OC(C)=O)[C@H]1C5. The number of nitrogens with zero attached hydrogens (tertiary/aromatic N) is 1. The fourth-order valence-corrected chi connectivity index (χ4v) is 9.34. The number of likely N-dealkylation sites (tertiary alicyclic amines) is 1. The van der Waals surface area contributed by atoms with Gasteiger partial charge in [-0.15, -0.1) is 6.58 Å². The van der Waals surface area contributed by atoms with Crippen LogP contribution in [0.15, 0.2) is 49.1 Å². The molecule has 2 aliphatic heterocycles. The van der Waals surface area contributed by atoms with E-state index >= 15 is 0 Å². The Hall–Kier alpha value is -2.88. The van der Waals surface area contributed by atoms with Gasteiger partial charge < -0.3 is 14.6 Å². The number of benzene rings is 2. The molecule has 4 aliphatic rings. The zero-order valence-electron chi connectivity index (χ0n) is 21.8. The van der Waals surface area contributed by atoms with Gasteiger partial charge >= 0.3 is 5.97 Å². The van der Waals surface area contributed by atoms with Crippen molar-refractivity contribution in [3.8, 4) is 11.5 Å². The van der Waals surface area contributed by atoms with Crippen LogP contribution in [0, 0.1) is 6.92 Å². The summed E-state index contributed by atoms with van der Waals surface area (Å²) in [5, 5.41) is 10.9. The van der Waals surface area contributed by atoms with Gasteiger partial charge in [-0.1, -0.05) is 36.4 Å². The third kappa shape index (κ3) is 3.55. The van der Waals surface area contributed by atoms with Crippen molar-refractivity contribution < 1.29 is 27.8 Å². The Morgan fingerprint density at radius 3 is 2.82 bits per heavy atom. The minimum Gasteiger partial charge on any atom is -0.504 e. The standard InChI is InChI=1S/C29H34N2O6S/c1-4-14-31-15-13-28-25-20-9-10-23(33)26(25)36-27(28)22(11-12-29(28,24(31)16-20)37-19(3)32)30-38(34,35)17-21-8-6-5-7-18(21)2/h4-10,22,24,27,30,33H,1,11-17H2,2-3H3/t22-,24+,27-,28-,29+/m0/s1. The summed E-state index contributed by atoms with van der Waals surface area (Å²) in [4.78, 5) is 15.0. The van der Waals surface area contributed by atoms with E-state index < -0.39 is 33.2 Å². The van der Waals surface area contributed by atoms with Gasteiger partial charge in [0, 0.05) is 25.6 Å². The molecule has 2 aromatic rings. The number of nitrogens with one attached hydrogen (secondary N) is 1. The Kier molecular flexibility index (Phi) is 5.90. The van der Waals surface area contributed by atoms with Crippen LogP contribution in [-0.2, 0) is 37.1 Å². The first-order chi connectivity index (χ1) is 18.1. The lowest BCUT2D eigenvalue weighted by molar-refractivity contribution is -0.217. The second kappa shape index (κ2) is 8.83. The van der Waals surface area contributed by atoms with E-state index in [1.807, 2.05) is 43.3 Å². The number of phenolic OH excluding ortho intramolecular Hbond substituents is 1. The number of piperidine rings is 1. The smallest absolute Gasteiger partial charge is 0.303 e. The zero-order valence-corrected chi connectivity index (χ0v) is 22.6. The fourth-order valence-electron chi connectivity index (χ4n) is 7.82. The predicted octanol–water partition coefficient (Wildman–Crippen LogP) is 3.10. The number of carbonyl (C=O) groups excluding carboxylic acids is 1. The average Bonchev–Trinajstić information content (AvgIpc) is 3.21. The van der Waals surface area contributed by atoms with Gasteiger partial charge in [-0.05, 0) is 55.4 Å². The molecule has 1 saturated carbocycles. The summed E-state index contributed by atoms with van der Waals surface area (Å²) in [6.45, 7) is 8.64. The van der Waals surface area contributed by atoms with Crippen LogP contribution in [0.2, 0.25) is 0 Å². The average molecular weight is 539 g/mol. The molecule has 2 aromatic carbocycles. The van der Waals surface area contributed by atoms with E-state index in [9.17, 15) is 18.3 Å². The highest BCUT2D eigenvalue weighted by Crippen LogP contribution is 2.66. The maximum absolute atomic E-state index is 13.5. The summed E-state index contributed by atoms with van der Waals surface area (Å²) < 4.78 is 42.8. The van der Waals surface area contributed by atoms with Gasteiger partial charge in [0.15, 0.2) is 11.5 Å². The number of ether oxygens (including phenoxy) is 2. The molecular weight excluding hydrogens is 504 g/mol. The molecule has 0 amide bonds. The zero-order chi connectivity index (χ0) is 26.9. The van der Waals surface area contributed by atoms with E-state index in [1.54, 1.807) is 6.07 Å². The molecule has 9 heteroatoms. The molecule has 0 aromatic heterocycles. The van der Waals surface area contributed by atoms with E-state index in [2.05, 4.69) is 16.2 Å². The minimum atomic E-state index is -3.72. The number of carbonyl (C=O) groups is 1. The normalized spacial score (nSPS) is 31.3. The summed E-state index contributed by atoms with van der Waals surface area (Å²) in [6.07, 6.45) is 3.41. The van der Waals surface area contributed by atoms with Crippen molar-refractivity contribution in [3.05, 3.63) is 71.3 Å². The molecule has 6 rings (SSSR count). The monoisotopic (exact) mass is 538 g/mol. The van der Waals surface area contributed by atoms with Crippen LogP contribution in [0.4, 0.5) is 0 Å². The van der Waals surface area contributed by atoms with Crippen molar-refractivity contribution in [2.45, 2.75) is 74.5 Å². The van der Waals surface area contributed by atoms with Crippen LogP contribution < -0.4 is 9.46 Å². The van der Waals surface area contributed by atoms with Crippen molar-refractivity contribution in [1.82, 2.24) is 9.62 Å². The van der Waals surface area contributed by atoms with Crippen LogP contribution in [0.5, 0.6) is 11.5 Å². The van der Waals surface area contributed by atoms with Crippen LogP contribution in [0.1, 0.15) is 48.4 Å². The molecule has 2 aliphatic carbocycles. The minimum absolute atomic E-state index is 0.0257. The van der Waals surface area contributed by atoms with Gasteiger partial charge in [0.1, 0.15) is 11.7 Å². The molecule has 1 spiro atoms. The summed E-state index contributed by atoms with van der Waals surface area (Å²) >= 11 is 0. The quantitative estimate of drug-likeness (QED) is 0.412. The highest BCUT2D eigenvalue weighted by Gasteiger charge is 2.75. The van der Waals surface area contributed by atoms with Crippen molar-refractivity contribution >= 4 is 16.0 Å². The van der Waals surface area contributed by atoms with Crippen LogP contribution in [0.3, 0.4) is 0 Å². The Bertz CT molecular complexity index is 1420. The molecule has 0 unspecified atom stereocenters. The molecule has 38 heavy (non-hydrogen) atoms. The molecule has 2 fully saturated rings. The molecule has 1 saturated heterocycles. The molecule has 8 nitrogen and oxygen atoms in total. The fraction of sp³-hybridized carbons (Fsp3) is 0.483. The first kappa shape index (κ1) is 25.4. The topological polar surface area (TPSA) is 105 Å². The van der Waals surface area contributed by atoms with Crippen molar-refractivity contribution in [2.75, 3.05) is 13.1 Å². The molecule has 5 atom stereocenters. The number of aryl methyl sites for hydroxylation is 1. The number of esters is 1. The molecular formula is C29H34N2O6S. The first-order valence-corrected chi connectivity index (χ1v) is 14.9. The summed E-state index contributed by atoms with van der Waals surface area (Å²) in [7, 11) is -3.72. The van der Waals surface area contributed by atoms with Crippen LogP contribution in [0.25, 0.3) is 0 Å². The van der Waals surface area contributed by atoms with E-state index in [1.165, 1.54) is 6.92 Å². The van der Waals surface area contributed by atoms with E-state index in [0.717, 1.165) is 28.8 Å². The third-order valence-electron chi connectivity index (χ3n) is 9.16. The lowest BCUT2D eigenvalue weighted by Gasteiger charge is -2.65. The van der Waals surface area contributed by atoms with E-state index in [4.69, 9.17) is 9.47 Å². The number of rotatable bonds is 7. The molecule has 2 bridgehead atoms. The van der Waals surface area contributed by atoms with Crippen LogP contribution >= 0.6 is 0 Å². The van der Waals surface area contributed by atoms with Crippen molar-refractivity contribution in [2.24, 2.45) is 0 Å². The maximum atomic E-state index is 13.5. The van der Waals surface area contributed by atoms with Crippen molar-refractivity contribution in [3.63, 3.8) is 0 Å². The number of hydrogen-bond acceptors (Lipinski definition) is 7. The third-order valence-corrected chi connectivity index (χ3v) is 10.5. The number of sulfonamides is 1. The van der Waals surface area contributed by atoms with Crippen molar-refractivity contribution in [1.29, 1.82) is 0 Å². The Morgan fingerprint density at radius 2 is 2.08 bits per heavy atom. The Balaban J connectivity index is 1.45. The molecule has 202 valence electrons. The maximum Gasteiger partial charge on any atom is 0.303 e. The molecule has 2 N–H and O–H groups in total. The lowest BCUT2D eigenvalue weighted by atomic mass is 9.48. The van der Waals surface area contributed by atoms with Gasteiger partial charge in [0.25, 0.3) is 0 Å². The largest absolute Gasteiger partial charge is 0.504 e. The second-order valence-electron chi connectivity index (χ2n) is 11.1. The molecule has 2 heterocycles. The number of aromatic hydroxyl groups is 1. The van der Waals surface area contributed by atoms with E-state index in [-0.39, 0.29) is 23.5 Å². The van der Waals surface area contributed by atoms with Gasteiger partial charge in [0.05, 0.1) is 23.3 Å². The number of hydrogen-bond donors (Lipinski definition) is 2. The molecule has 0 radical (unpaired) electrons. The summed E-state index contributed by atoms with van der Waals surface area (Å²) in [6, 6.07) is 10.4. The number of phenols is 1. The summed E-state index contributed by atoms with van der Waals surface area (Å²) in [5.74, 6) is -0.0870. The Labute approximate surface area is 223 Å². The highest BCUT2D eigenvalue weighted by atomic mass is 32.2. The highest BCUT2D eigenvalue weighted by molar-refractivity contribution is 7.88.